The van der Waals surface area contributed by atoms with Crippen molar-refractivity contribution in [1.29, 1.82) is 0 Å². The minimum atomic E-state index is -3.56. The molecule has 204 valence electrons. The molecular formula is C27H37Cl2N3O4S. The number of anilines is 1. The molecule has 2 rings (SSSR count). The molecule has 0 aliphatic heterocycles. The highest BCUT2D eigenvalue weighted by Gasteiger charge is 2.29. The SMILES string of the molecule is CCCNC(=O)[C@@H](CC)N(Cc1c(Cl)cccc1Cl)C(=O)CCCN(c1ccc(C)c(C)c1)S(C)(=O)=O. The maximum Gasteiger partial charge on any atom is 0.242 e. The van der Waals surface area contributed by atoms with E-state index in [1.165, 1.54) is 9.21 Å². The van der Waals surface area contributed by atoms with Gasteiger partial charge in [-0.25, -0.2) is 8.42 Å². The number of halogens is 2. The third-order valence-electron chi connectivity index (χ3n) is 6.26. The first-order valence-corrected chi connectivity index (χ1v) is 15.1. The molecule has 0 unspecified atom stereocenters. The predicted molar refractivity (Wildman–Crippen MR) is 152 cm³/mol. The zero-order valence-electron chi connectivity index (χ0n) is 22.2. The molecular weight excluding hydrogens is 533 g/mol. The van der Waals surface area contributed by atoms with Crippen LogP contribution in [0.4, 0.5) is 5.69 Å². The molecule has 0 aliphatic rings. The van der Waals surface area contributed by atoms with Crippen molar-refractivity contribution in [2.24, 2.45) is 0 Å². The fourth-order valence-corrected chi connectivity index (χ4v) is 5.50. The number of hydrogen-bond acceptors (Lipinski definition) is 4. The van der Waals surface area contributed by atoms with Crippen LogP contribution in [0.25, 0.3) is 0 Å². The Morgan fingerprint density at radius 2 is 1.68 bits per heavy atom. The number of nitrogens with one attached hydrogen (secondary N) is 1. The first-order valence-electron chi connectivity index (χ1n) is 12.5. The van der Waals surface area contributed by atoms with Gasteiger partial charge in [0.25, 0.3) is 0 Å². The number of carbonyl (C=O) groups excluding carboxylic acids is 2. The molecule has 37 heavy (non-hydrogen) atoms. The summed E-state index contributed by atoms with van der Waals surface area (Å²) in [5.41, 5.74) is 3.17. The van der Waals surface area contributed by atoms with E-state index in [9.17, 15) is 18.0 Å². The van der Waals surface area contributed by atoms with Gasteiger partial charge in [0, 0.05) is 41.7 Å². The summed E-state index contributed by atoms with van der Waals surface area (Å²) in [5.74, 6) is -0.517. The number of nitrogens with zero attached hydrogens (tertiary/aromatic N) is 2. The molecule has 0 radical (unpaired) electrons. The second-order valence-electron chi connectivity index (χ2n) is 9.14. The molecule has 0 bridgehead atoms. The van der Waals surface area contributed by atoms with Crippen LogP contribution in [0.5, 0.6) is 0 Å². The van der Waals surface area contributed by atoms with Crippen LogP contribution in [0.15, 0.2) is 36.4 Å². The van der Waals surface area contributed by atoms with E-state index in [0.29, 0.717) is 34.3 Å². The summed E-state index contributed by atoms with van der Waals surface area (Å²) in [7, 11) is -3.56. The van der Waals surface area contributed by atoms with Crippen LogP contribution in [0.2, 0.25) is 10.0 Å². The summed E-state index contributed by atoms with van der Waals surface area (Å²) in [5, 5.41) is 3.69. The molecule has 1 atom stereocenters. The smallest absolute Gasteiger partial charge is 0.242 e. The zero-order chi connectivity index (χ0) is 27.8. The average molecular weight is 571 g/mol. The number of amides is 2. The number of hydrogen-bond donors (Lipinski definition) is 1. The highest BCUT2D eigenvalue weighted by Crippen LogP contribution is 2.28. The van der Waals surface area contributed by atoms with E-state index in [4.69, 9.17) is 23.2 Å². The molecule has 10 heteroatoms. The first kappa shape index (κ1) is 30.9. The van der Waals surface area contributed by atoms with Crippen molar-refractivity contribution in [3.63, 3.8) is 0 Å². The molecule has 0 heterocycles. The predicted octanol–water partition coefficient (Wildman–Crippen LogP) is 5.49. The lowest BCUT2D eigenvalue weighted by Gasteiger charge is -2.31. The standard InChI is InChI=1S/C27H37Cl2N3O4S/c1-6-15-30-27(34)25(7-2)31(18-22-23(28)10-8-11-24(22)29)26(33)12-9-16-32(37(5,35)36)21-14-13-19(3)20(4)17-21/h8,10-11,13-14,17,25H,6-7,9,12,15-16,18H2,1-5H3,(H,30,34)/t25-/m1/s1. The molecule has 0 aliphatic carbocycles. The average Bonchev–Trinajstić information content (AvgIpc) is 2.83. The Bertz CT molecular complexity index is 1180. The van der Waals surface area contributed by atoms with Crippen LogP contribution in [-0.4, -0.2) is 50.5 Å². The van der Waals surface area contributed by atoms with Crippen LogP contribution in [-0.2, 0) is 26.2 Å². The minimum Gasteiger partial charge on any atom is -0.354 e. The fourth-order valence-electron chi connectivity index (χ4n) is 4.02. The quantitative estimate of drug-likeness (QED) is 0.345. The van der Waals surface area contributed by atoms with Crippen molar-refractivity contribution < 1.29 is 18.0 Å². The normalized spacial score (nSPS) is 12.2. The van der Waals surface area contributed by atoms with Crippen molar-refractivity contribution >= 4 is 50.7 Å². The Morgan fingerprint density at radius 1 is 1.03 bits per heavy atom. The van der Waals surface area contributed by atoms with E-state index in [1.807, 2.05) is 39.8 Å². The van der Waals surface area contributed by atoms with E-state index in [2.05, 4.69) is 5.32 Å². The van der Waals surface area contributed by atoms with E-state index in [-0.39, 0.29) is 37.7 Å². The van der Waals surface area contributed by atoms with Crippen molar-refractivity contribution in [3.05, 3.63) is 63.1 Å². The van der Waals surface area contributed by atoms with Gasteiger partial charge in [0.1, 0.15) is 6.04 Å². The Morgan fingerprint density at radius 3 is 2.22 bits per heavy atom. The lowest BCUT2D eigenvalue weighted by atomic mass is 10.1. The van der Waals surface area contributed by atoms with E-state index in [1.54, 1.807) is 24.3 Å². The molecule has 0 spiro atoms. The lowest BCUT2D eigenvalue weighted by Crippen LogP contribution is -2.49. The third kappa shape index (κ3) is 8.62. The van der Waals surface area contributed by atoms with Crippen LogP contribution < -0.4 is 9.62 Å². The number of aryl methyl sites for hydroxylation is 2. The van der Waals surface area contributed by atoms with Crippen LogP contribution in [0.3, 0.4) is 0 Å². The monoisotopic (exact) mass is 569 g/mol. The summed E-state index contributed by atoms with van der Waals surface area (Å²) < 4.78 is 26.4. The highest BCUT2D eigenvalue weighted by molar-refractivity contribution is 7.92. The van der Waals surface area contributed by atoms with E-state index >= 15 is 0 Å². The number of sulfonamides is 1. The van der Waals surface area contributed by atoms with Gasteiger partial charge in [-0.05, 0) is 68.5 Å². The molecule has 0 fully saturated rings. The largest absolute Gasteiger partial charge is 0.354 e. The Labute approximate surface area is 231 Å². The van der Waals surface area contributed by atoms with Crippen molar-refractivity contribution in [2.45, 2.75) is 66.0 Å². The molecule has 7 nitrogen and oxygen atoms in total. The van der Waals surface area contributed by atoms with Gasteiger partial charge in [-0.15, -0.1) is 0 Å². The molecule has 0 aromatic heterocycles. The van der Waals surface area contributed by atoms with Gasteiger partial charge in [0.15, 0.2) is 0 Å². The third-order valence-corrected chi connectivity index (χ3v) is 8.16. The fraction of sp³-hybridized carbons (Fsp3) is 0.481. The van der Waals surface area contributed by atoms with E-state index in [0.717, 1.165) is 23.8 Å². The van der Waals surface area contributed by atoms with Gasteiger partial charge in [-0.3, -0.25) is 13.9 Å². The summed E-state index contributed by atoms with van der Waals surface area (Å²) in [4.78, 5) is 27.9. The van der Waals surface area contributed by atoms with Gasteiger partial charge in [0.2, 0.25) is 21.8 Å². The first-order chi connectivity index (χ1) is 17.4. The topological polar surface area (TPSA) is 86.8 Å². The maximum atomic E-state index is 13.5. The maximum absolute atomic E-state index is 13.5. The van der Waals surface area contributed by atoms with Gasteiger partial charge in [0.05, 0.1) is 11.9 Å². The lowest BCUT2D eigenvalue weighted by molar-refractivity contribution is -0.141. The Balaban J connectivity index is 2.27. The molecule has 2 amide bonds. The van der Waals surface area contributed by atoms with Gasteiger partial charge < -0.3 is 10.2 Å². The zero-order valence-corrected chi connectivity index (χ0v) is 24.5. The molecule has 1 N–H and O–H groups in total. The van der Waals surface area contributed by atoms with Crippen molar-refractivity contribution in [1.82, 2.24) is 10.2 Å². The second kappa shape index (κ2) is 14.0. The second-order valence-corrected chi connectivity index (χ2v) is 11.9. The molecule has 0 saturated carbocycles. The highest BCUT2D eigenvalue weighted by atomic mass is 35.5. The van der Waals surface area contributed by atoms with Gasteiger partial charge in [-0.1, -0.05) is 49.2 Å². The minimum absolute atomic E-state index is 0.0521. The Kier molecular flexibility index (Phi) is 11.7. The van der Waals surface area contributed by atoms with E-state index < -0.39 is 16.1 Å². The van der Waals surface area contributed by atoms with Gasteiger partial charge in [-0.2, -0.15) is 0 Å². The number of benzene rings is 2. The number of rotatable bonds is 13. The molecule has 2 aromatic rings. The van der Waals surface area contributed by atoms with Crippen molar-refractivity contribution in [2.75, 3.05) is 23.7 Å². The summed E-state index contributed by atoms with van der Waals surface area (Å²) >= 11 is 12.8. The summed E-state index contributed by atoms with van der Waals surface area (Å²) in [6.07, 6.45) is 2.66. The van der Waals surface area contributed by atoms with Crippen LogP contribution >= 0.6 is 23.2 Å². The number of carbonyl (C=O) groups is 2. The molecule has 2 aromatic carbocycles. The van der Waals surface area contributed by atoms with Gasteiger partial charge >= 0.3 is 0 Å². The summed E-state index contributed by atoms with van der Waals surface area (Å²) in [6, 6.07) is 9.87. The summed E-state index contributed by atoms with van der Waals surface area (Å²) in [6.45, 7) is 8.39. The molecule has 0 saturated heterocycles. The van der Waals surface area contributed by atoms with Crippen LogP contribution in [0, 0.1) is 13.8 Å². The Hall–Kier alpha value is -2.29. The van der Waals surface area contributed by atoms with Crippen molar-refractivity contribution in [3.8, 4) is 0 Å². The van der Waals surface area contributed by atoms with Crippen LogP contribution in [0.1, 0.15) is 56.2 Å².